The highest BCUT2D eigenvalue weighted by Crippen LogP contribution is 2.36. The lowest BCUT2D eigenvalue weighted by Crippen LogP contribution is -2.20. The number of alkyl halides is 3. The molecule has 1 aliphatic rings. The number of para-hydroxylation sites is 1. The normalized spacial score (nSPS) is 21.0. The topological polar surface area (TPSA) is 26.3 Å². The van der Waals surface area contributed by atoms with Crippen LogP contribution in [-0.4, -0.2) is 12.1 Å². The average molecular weight is 272 g/mol. The minimum absolute atomic E-state index is 0.00993. The number of hydrogen-bond donors (Lipinski definition) is 0. The van der Waals surface area contributed by atoms with Gasteiger partial charge in [0.25, 0.3) is 0 Å². The van der Waals surface area contributed by atoms with Crippen LogP contribution >= 0.6 is 0 Å². The van der Waals surface area contributed by atoms with Crippen LogP contribution in [-0.2, 0) is 4.79 Å². The standard InChI is InChI=1S/C14H15F3O2/c15-14(16,17)19-13-9-5-4-7-11(13)10-6-2-1-3-8-12(10)18/h4-5,7,9-10H,1-3,6,8H2. The van der Waals surface area contributed by atoms with Gasteiger partial charge in [-0.05, 0) is 18.9 Å². The smallest absolute Gasteiger partial charge is 0.405 e. The number of carbonyl (C=O) groups is 1. The number of ketones is 1. The lowest BCUT2D eigenvalue weighted by Gasteiger charge is -2.18. The van der Waals surface area contributed by atoms with Crippen LogP contribution in [0.15, 0.2) is 24.3 Å². The number of benzene rings is 1. The molecule has 0 bridgehead atoms. The van der Waals surface area contributed by atoms with Crippen LogP contribution in [0.4, 0.5) is 13.2 Å². The van der Waals surface area contributed by atoms with Crippen molar-refractivity contribution in [1.29, 1.82) is 0 Å². The van der Waals surface area contributed by atoms with E-state index < -0.39 is 12.3 Å². The molecule has 104 valence electrons. The molecule has 1 aromatic rings. The molecule has 1 aromatic carbocycles. The number of rotatable bonds is 2. The second-order valence-corrected chi connectivity index (χ2v) is 4.70. The maximum absolute atomic E-state index is 12.4. The van der Waals surface area contributed by atoms with E-state index in [0.29, 0.717) is 18.4 Å². The first-order valence-corrected chi connectivity index (χ1v) is 6.35. The zero-order valence-electron chi connectivity index (χ0n) is 10.4. The van der Waals surface area contributed by atoms with E-state index in [1.54, 1.807) is 12.1 Å². The van der Waals surface area contributed by atoms with Gasteiger partial charge in [0.1, 0.15) is 11.5 Å². The molecule has 0 spiro atoms. The highest BCUT2D eigenvalue weighted by Gasteiger charge is 2.34. The lowest BCUT2D eigenvalue weighted by atomic mass is 9.90. The first kappa shape index (κ1) is 13.9. The molecular weight excluding hydrogens is 257 g/mol. The third-order valence-electron chi connectivity index (χ3n) is 3.32. The minimum Gasteiger partial charge on any atom is -0.405 e. The molecule has 0 N–H and O–H groups in total. The Morgan fingerprint density at radius 3 is 2.58 bits per heavy atom. The van der Waals surface area contributed by atoms with E-state index in [-0.39, 0.29) is 11.5 Å². The summed E-state index contributed by atoms with van der Waals surface area (Å²) in [4.78, 5) is 12.0. The maximum atomic E-state index is 12.4. The Bertz CT molecular complexity index is 454. The van der Waals surface area contributed by atoms with E-state index >= 15 is 0 Å². The van der Waals surface area contributed by atoms with E-state index in [4.69, 9.17) is 0 Å². The Balaban J connectivity index is 2.30. The molecular formula is C14H15F3O2. The Labute approximate surface area is 109 Å². The lowest BCUT2D eigenvalue weighted by molar-refractivity contribution is -0.275. The molecule has 2 rings (SSSR count). The summed E-state index contributed by atoms with van der Waals surface area (Å²) in [6.45, 7) is 0. The molecule has 0 saturated heterocycles. The molecule has 1 fully saturated rings. The summed E-state index contributed by atoms with van der Waals surface area (Å²) in [7, 11) is 0. The zero-order valence-corrected chi connectivity index (χ0v) is 10.4. The Morgan fingerprint density at radius 2 is 1.84 bits per heavy atom. The van der Waals surface area contributed by atoms with Gasteiger partial charge in [0, 0.05) is 17.9 Å². The van der Waals surface area contributed by atoms with Crippen LogP contribution in [0.2, 0.25) is 0 Å². The van der Waals surface area contributed by atoms with Crippen molar-refractivity contribution in [1.82, 2.24) is 0 Å². The Kier molecular flexibility index (Phi) is 4.12. The quantitative estimate of drug-likeness (QED) is 0.754. The second kappa shape index (κ2) is 5.63. The van der Waals surface area contributed by atoms with Crippen LogP contribution in [0.25, 0.3) is 0 Å². The predicted molar refractivity (Wildman–Crippen MR) is 64.0 cm³/mol. The minimum atomic E-state index is -4.73. The van der Waals surface area contributed by atoms with Crippen LogP contribution in [0, 0.1) is 0 Å². The van der Waals surface area contributed by atoms with Crippen molar-refractivity contribution < 1.29 is 22.7 Å². The van der Waals surface area contributed by atoms with Crippen LogP contribution < -0.4 is 4.74 Å². The summed E-state index contributed by atoms with van der Waals surface area (Å²) in [6.07, 6.45) is -1.08. The van der Waals surface area contributed by atoms with Crippen molar-refractivity contribution in [3.05, 3.63) is 29.8 Å². The summed E-state index contributed by atoms with van der Waals surface area (Å²) < 4.78 is 41.1. The van der Waals surface area contributed by atoms with Crippen molar-refractivity contribution in [3.8, 4) is 5.75 Å². The van der Waals surface area contributed by atoms with E-state index in [1.165, 1.54) is 12.1 Å². The van der Waals surface area contributed by atoms with Gasteiger partial charge in [-0.15, -0.1) is 13.2 Å². The molecule has 5 heteroatoms. The molecule has 19 heavy (non-hydrogen) atoms. The van der Waals surface area contributed by atoms with Gasteiger partial charge in [-0.25, -0.2) is 0 Å². The largest absolute Gasteiger partial charge is 0.573 e. The Morgan fingerprint density at radius 1 is 1.11 bits per heavy atom. The number of carbonyl (C=O) groups excluding carboxylic acids is 1. The van der Waals surface area contributed by atoms with E-state index in [1.807, 2.05) is 0 Å². The first-order chi connectivity index (χ1) is 8.97. The molecule has 2 nitrogen and oxygen atoms in total. The molecule has 0 amide bonds. The third-order valence-corrected chi connectivity index (χ3v) is 3.32. The predicted octanol–water partition coefficient (Wildman–Crippen LogP) is 4.20. The van der Waals surface area contributed by atoms with Gasteiger partial charge >= 0.3 is 6.36 Å². The van der Waals surface area contributed by atoms with Crippen LogP contribution in [0.5, 0.6) is 5.75 Å². The highest BCUT2D eigenvalue weighted by molar-refractivity contribution is 5.86. The van der Waals surface area contributed by atoms with Gasteiger partial charge in [0.2, 0.25) is 0 Å². The van der Waals surface area contributed by atoms with Gasteiger partial charge in [-0.2, -0.15) is 0 Å². The van der Waals surface area contributed by atoms with E-state index in [9.17, 15) is 18.0 Å². The number of halogens is 3. The van der Waals surface area contributed by atoms with Gasteiger partial charge in [0.15, 0.2) is 0 Å². The van der Waals surface area contributed by atoms with Crippen LogP contribution in [0.3, 0.4) is 0 Å². The molecule has 0 aliphatic heterocycles. The first-order valence-electron chi connectivity index (χ1n) is 6.35. The molecule has 1 aliphatic carbocycles. The summed E-state index contributed by atoms with van der Waals surface area (Å²) in [5, 5.41) is 0. The van der Waals surface area contributed by atoms with Crippen molar-refractivity contribution in [3.63, 3.8) is 0 Å². The van der Waals surface area contributed by atoms with Crippen molar-refractivity contribution >= 4 is 5.78 Å². The molecule has 0 aromatic heterocycles. The Hall–Kier alpha value is -1.52. The van der Waals surface area contributed by atoms with Crippen molar-refractivity contribution in [2.24, 2.45) is 0 Å². The third kappa shape index (κ3) is 3.72. The zero-order chi connectivity index (χ0) is 13.9. The number of ether oxygens (including phenoxy) is 1. The summed E-state index contributed by atoms with van der Waals surface area (Å²) >= 11 is 0. The average Bonchev–Trinajstić information content (AvgIpc) is 2.53. The fourth-order valence-corrected chi connectivity index (χ4v) is 2.47. The van der Waals surface area contributed by atoms with Gasteiger partial charge in [0.05, 0.1) is 0 Å². The van der Waals surface area contributed by atoms with Gasteiger partial charge in [-0.3, -0.25) is 4.79 Å². The highest BCUT2D eigenvalue weighted by atomic mass is 19.4. The molecule has 0 heterocycles. The number of hydrogen-bond acceptors (Lipinski definition) is 2. The maximum Gasteiger partial charge on any atom is 0.573 e. The van der Waals surface area contributed by atoms with E-state index in [2.05, 4.69) is 4.74 Å². The second-order valence-electron chi connectivity index (χ2n) is 4.70. The SMILES string of the molecule is O=C1CCCCCC1c1ccccc1OC(F)(F)F. The van der Waals surface area contributed by atoms with E-state index in [0.717, 1.165) is 19.3 Å². The molecule has 1 atom stereocenters. The van der Waals surface area contributed by atoms with Crippen molar-refractivity contribution in [2.45, 2.75) is 44.4 Å². The summed E-state index contributed by atoms with van der Waals surface area (Å²) in [5.74, 6) is -0.716. The van der Waals surface area contributed by atoms with Crippen molar-refractivity contribution in [2.75, 3.05) is 0 Å². The van der Waals surface area contributed by atoms with Gasteiger partial charge in [-0.1, -0.05) is 31.0 Å². The summed E-state index contributed by atoms with van der Waals surface area (Å²) in [5.41, 5.74) is 0.353. The van der Waals surface area contributed by atoms with Gasteiger partial charge < -0.3 is 4.74 Å². The van der Waals surface area contributed by atoms with Crippen LogP contribution in [0.1, 0.15) is 43.6 Å². The fraction of sp³-hybridized carbons (Fsp3) is 0.500. The fourth-order valence-electron chi connectivity index (χ4n) is 2.47. The molecule has 1 saturated carbocycles. The molecule has 0 radical (unpaired) electrons. The molecule has 1 unspecified atom stereocenters. The summed E-state index contributed by atoms with van der Waals surface area (Å²) in [6, 6.07) is 5.93. The number of Topliss-reactive ketones (excluding diaryl/α,β-unsaturated/α-hetero) is 1. The monoisotopic (exact) mass is 272 g/mol.